The molecule has 1 amide bonds. The summed E-state index contributed by atoms with van der Waals surface area (Å²) < 4.78 is 0. The van der Waals surface area contributed by atoms with Gasteiger partial charge in [0.15, 0.2) is 0 Å². The minimum Gasteiger partial charge on any atom is -0.384 e. The molecule has 20 heavy (non-hydrogen) atoms. The van der Waals surface area contributed by atoms with Crippen molar-refractivity contribution in [3.05, 3.63) is 52.0 Å². The quantitative estimate of drug-likeness (QED) is 0.848. The molecule has 0 aliphatic carbocycles. The molecule has 0 radical (unpaired) electrons. The molecular formula is C15H14N2O2S. The van der Waals surface area contributed by atoms with Gasteiger partial charge in [0.25, 0.3) is 5.91 Å². The summed E-state index contributed by atoms with van der Waals surface area (Å²) in [5.74, 6) is 5.21. The normalized spacial score (nSPS) is 11.3. The van der Waals surface area contributed by atoms with Gasteiger partial charge in [-0.05, 0) is 30.7 Å². The highest BCUT2D eigenvalue weighted by atomic mass is 32.1. The molecule has 0 spiro atoms. The first-order valence-electron chi connectivity index (χ1n) is 6.09. The predicted molar refractivity (Wildman–Crippen MR) is 78.4 cm³/mol. The Balaban J connectivity index is 2.03. The molecule has 0 aromatic carbocycles. The molecule has 2 heterocycles. The Morgan fingerprint density at radius 1 is 1.50 bits per heavy atom. The van der Waals surface area contributed by atoms with Crippen LogP contribution in [-0.2, 0) is 0 Å². The van der Waals surface area contributed by atoms with E-state index in [0.29, 0.717) is 5.56 Å². The lowest BCUT2D eigenvalue weighted by Crippen LogP contribution is -2.26. The second-order valence-corrected chi connectivity index (χ2v) is 5.05. The maximum Gasteiger partial charge on any atom is 0.252 e. The van der Waals surface area contributed by atoms with Gasteiger partial charge in [0.2, 0.25) is 0 Å². The molecule has 0 aliphatic heterocycles. The number of pyridine rings is 1. The van der Waals surface area contributed by atoms with Gasteiger partial charge in [-0.2, -0.15) is 0 Å². The van der Waals surface area contributed by atoms with Gasteiger partial charge < -0.3 is 10.4 Å². The van der Waals surface area contributed by atoms with Gasteiger partial charge in [-0.15, -0.1) is 11.3 Å². The van der Waals surface area contributed by atoms with E-state index in [9.17, 15) is 4.79 Å². The van der Waals surface area contributed by atoms with Gasteiger partial charge in [0, 0.05) is 17.8 Å². The Morgan fingerprint density at radius 2 is 2.25 bits per heavy atom. The van der Waals surface area contributed by atoms with E-state index in [4.69, 9.17) is 5.11 Å². The molecule has 2 aromatic rings. The number of carbonyl (C=O) groups is 1. The molecule has 1 atom stereocenters. The van der Waals surface area contributed by atoms with Gasteiger partial charge in [-0.25, -0.2) is 0 Å². The summed E-state index contributed by atoms with van der Waals surface area (Å²) in [7, 11) is 0. The Bertz CT molecular complexity index is 641. The molecule has 5 heteroatoms. The highest BCUT2D eigenvalue weighted by Gasteiger charge is 2.12. The van der Waals surface area contributed by atoms with Crippen LogP contribution < -0.4 is 5.32 Å². The average Bonchev–Trinajstić information content (AvgIpc) is 2.95. The SMILES string of the molecule is CC(NC(=O)c1csc(C#CCO)c1)c1ccncc1. The molecule has 1 unspecified atom stereocenters. The number of carbonyl (C=O) groups excluding carboxylic acids is 1. The zero-order valence-electron chi connectivity index (χ0n) is 11.0. The van der Waals surface area contributed by atoms with Crippen molar-refractivity contribution >= 4 is 17.2 Å². The van der Waals surface area contributed by atoms with Crippen molar-refractivity contribution in [1.29, 1.82) is 0 Å². The first kappa shape index (κ1) is 14.3. The van der Waals surface area contributed by atoms with Crippen LogP contribution in [0.25, 0.3) is 0 Å². The molecule has 2 aromatic heterocycles. The Labute approximate surface area is 121 Å². The lowest BCUT2D eigenvalue weighted by atomic mass is 10.1. The van der Waals surface area contributed by atoms with Crippen molar-refractivity contribution in [3.8, 4) is 11.8 Å². The van der Waals surface area contributed by atoms with E-state index in [1.165, 1.54) is 11.3 Å². The minimum atomic E-state index is -0.182. The molecule has 2 N–H and O–H groups in total. The van der Waals surface area contributed by atoms with Crippen LogP contribution in [0.1, 0.15) is 33.8 Å². The fourth-order valence-electron chi connectivity index (χ4n) is 1.66. The number of nitrogens with zero attached hydrogens (tertiary/aromatic N) is 1. The van der Waals surface area contributed by atoms with Gasteiger partial charge in [0.1, 0.15) is 6.61 Å². The first-order valence-corrected chi connectivity index (χ1v) is 6.97. The lowest BCUT2D eigenvalue weighted by Gasteiger charge is -2.13. The summed E-state index contributed by atoms with van der Waals surface area (Å²) in [6.45, 7) is 1.74. The lowest BCUT2D eigenvalue weighted by molar-refractivity contribution is 0.0940. The maximum atomic E-state index is 12.1. The molecule has 0 saturated heterocycles. The zero-order chi connectivity index (χ0) is 14.4. The number of aliphatic hydroxyl groups is 1. The highest BCUT2D eigenvalue weighted by Crippen LogP contribution is 2.16. The van der Waals surface area contributed by atoms with Crippen molar-refractivity contribution in [2.24, 2.45) is 0 Å². The summed E-state index contributed by atoms with van der Waals surface area (Å²) in [6, 6.07) is 5.38. The van der Waals surface area contributed by atoms with E-state index < -0.39 is 0 Å². The number of aliphatic hydroxyl groups excluding tert-OH is 1. The molecule has 2 rings (SSSR count). The smallest absolute Gasteiger partial charge is 0.252 e. The first-order chi connectivity index (χ1) is 9.70. The molecular weight excluding hydrogens is 272 g/mol. The second kappa shape index (κ2) is 6.85. The minimum absolute atomic E-state index is 0.0858. The molecule has 4 nitrogen and oxygen atoms in total. The van der Waals surface area contributed by atoms with Crippen LogP contribution >= 0.6 is 11.3 Å². The predicted octanol–water partition coefficient (Wildman–Crippen LogP) is 1.98. The van der Waals surface area contributed by atoms with E-state index in [1.54, 1.807) is 23.8 Å². The van der Waals surface area contributed by atoms with Crippen LogP contribution in [0.4, 0.5) is 0 Å². The third-order valence-electron chi connectivity index (χ3n) is 2.71. The number of hydrogen-bond donors (Lipinski definition) is 2. The summed E-state index contributed by atoms with van der Waals surface area (Å²) in [5.41, 5.74) is 1.59. The third kappa shape index (κ3) is 3.67. The number of amides is 1. The average molecular weight is 286 g/mol. The van der Waals surface area contributed by atoms with Crippen molar-refractivity contribution in [2.75, 3.05) is 6.61 Å². The Hall–Kier alpha value is -2.16. The Morgan fingerprint density at radius 3 is 2.95 bits per heavy atom. The topological polar surface area (TPSA) is 62.2 Å². The van der Waals surface area contributed by atoms with Crippen molar-refractivity contribution in [3.63, 3.8) is 0 Å². The molecule has 0 aliphatic rings. The number of rotatable bonds is 3. The zero-order valence-corrected chi connectivity index (χ0v) is 11.8. The van der Waals surface area contributed by atoms with Crippen molar-refractivity contribution in [1.82, 2.24) is 10.3 Å². The number of aromatic nitrogens is 1. The van der Waals surface area contributed by atoms with Gasteiger partial charge in [0.05, 0.1) is 16.5 Å². The van der Waals surface area contributed by atoms with Crippen molar-refractivity contribution < 1.29 is 9.90 Å². The van der Waals surface area contributed by atoms with E-state index >= 15 is 0 Å². The van der Waals surface area contributed by atoms with Crippen LogP contribution in [0.2, 0.25) is 0 Å². The molecule has 0 saturated carbocycles. The largest absolute Gasteiger partial charge is 0.384 e. The van der Waals surface area contributed by atoms with Crippen LogP contribution in [0.3, 0.4) is 0 Å². The molecule has 0 bridgehead atoms. The number of nitrogens with one attached hydrogen (secondary N) is 1. The second-order valence-electron chi connectivity index (χ2n) is 4.14. The standard InChI is InChI=1S/C15H14N2O2S/c1-11(12-4-6-16-7-5-12)17-15(19)13-9-14(20-10-13)3-2-8-18/h4-7,9-11,18H,8H2,1H3,(H,17,19). The van der Waals surface area contributed by atoms with Crippen molar-refractivity contribution in [2.45, 2.75) is 13.0 Å². The van der Waals surface area contributed by atoms with Crippen LogP contribution in [-0.4, -0.2) is 22.6 Å². The van der Waals surface area contributed by atoms with Crippen LogP contribution in [0, 0.1) is 11.8 Å². The van der Waals surface area contributed by atoms with Gasteiger partial charge in [-0.3, -0.25) is 9.78 Å². The van der Waals surface area contributed by atoms with E-state index in [-0.39, 0.29) is 18.6 Å². The summed E-state index contributed by atoms with van der Waals surface area (Å²) >= 11 is 1.39. The summed E-state index contributed by atoms with van der Waals surface area (Å²) in [6.07, 6.45) is 3.40. The van der Waals surface area contributed by atoms with E-state index in [2.05, 4.69) is 22.1 Å². The van der Waals surface area contributed by atoms with E-state index in [0.717, 1.165) is 10.4 Å². The monoisotopic (exact) mass is 286 g/mol. The van der Waals surface area contributed by atoms with Crippen LogP contribution in [0.15, 0.2) is 36.0 Å². The summed E-state index contributed by atoms with van der Waals surface area (Å²) in [4.78, 5) is 16.8. The van der Waals surface area contributed by atoms with Gasteiger partial charge >= 0.3 is 0 Å². The highest BCUT2D eigenvalue weighted by molar-refractivity contribution is 7.10. The number of hydrogen-bond acceptors (Lipinski definition) is 4. The molecule has 102 valence electrons. The fraction of sp³-hybridized carbons (Fsp3) is 0.200. The van der Waals surface area contributed by atoms with E-state index in [1.807, 2.05) is 19.1 Å². The third-order valence-corrected chi connectivity index (χ3v) is 3.55. The Kier molecular flexibility index (Phi) is 4.88. The number of thiophene rings is 1. The van der Waals surface area contributed by atoms with Gasteiger partial charge in [-0.1, -0.05) is 11.8 Å². The summed E-state index contributed by atoms with van der Waals surface area (Å²) in [5, 5.41) is 13.3. The van der Waals surface area contributed by atoms with Crippen LogP contribution in [0.5, 0.6) is 0 Å². The fourth-order valence-corrected chi connectivity index (χ4v) is 2.42. The molecule has 0 fully saturated rings. The maximum absolute atomic E-state index is 12.1.